The maximum atomic E-state index is 12.8. The molecule has 1 unspecified atom stereocenters. The summed E-state index contributed by atoms with van der Waals surface area (Å²) in [6.07, 6.45) is 12.5. The molecule has 2 aliphatic rings. The Morgan fingerprint density at radius 1 is 1.20 bits per heavy atom. The highest BCUT2D eigenvalue weighted by atomic mass is 16.5. The molecule has 2 bridgehead atoms. The number of aliphatic imine (C=N–C) groups is 1. The predicted molar refractivity (Wildman–Crippen MR) is 184 cm³/mol. The molecule has 3 aromatic rings. The molecular formula is C35H46N8O3. The van der Waals surface area contributed by atoms with Crippen LogP contribution in [0, 0.1) is 5.41 Å². The lowest BCUT2D eigenvalue weighted by molar-refractivity contribution is -0.123. The number of hydrogen-bond acceptors (Lipinski definition) is 7. The average Bonchev–Trinajstić information content (AvgIpc) is 3.42. The second-order valence-corrected chi connectivity index (χ2v) is 13.1. The Hall–Kier alpha value is -4.51. The quantitative estimate of drug-likeness (QED) is 0.204. The third kappa shape index (κ3) is 7.82. The Labute approximate surface area is 270 Å². The average molecular weight is 627 g/mol. The molecule has 0 saturated heterocycles. The van der Waals surface area contributed by atoms with Crippen LogP contribution in [0.5, 0.6) is 0 Å². The summed E-state index contributed by atoms with van der Waals surface area (Å²) in [5.74, 6) is 1.94. The zero-order valence-corrected chi connectivity index (χ0v) is 27.5. The van der Waals surface area contributed by atoms with Crippen molar-refractivity contribution in [2.75, 3.05) is 31.3 Å². The van der Waals surface area contributed by atoms with Gasteiger partial charge in [0.2, 0.25) is 5.91 Å². The number of amides is 3. The number of nitrogen functional groups attached to an aromatic ring is 1. The number of anilines is 2. The van der Waals surface area contributed by atoms with Gasteiger partial charge in [-0.25, -0.2) is 14.8 Å². The van der Waals surface area contributed by atoms with Crippen LogP contribution < -0.4 is 21.7 Å². The standard InChI is InChI=1S/C35H46N8O3/c1-22(35(2,3)4)19-28(37-5)41-34(45)40-25-14-12-23(13-15-25)30-31-32(36)38-21-27-11-6-7-17-46-18-16-29(44)39-26-10-8-9-24(20-26)33(42-30)43(27)31/h6,11-15,19,21,24,26H,7-10,16-18,20H2,1-5H3,(H2,36,38)(H,39,44)(H2,37,40,41,45)/b11-6+,22-19+/t24-,26?/m1/s1. The second-order valence-electron chi connectivity index (χ2n) is 13.1. The molecule has 1 saturated carbocycles. The number of fused-ring (bicyclic) bond motifs is 3. The molecule has 11 heteroatoms. The number of ether oxygens (including phenoxy) is 1. The summed E-state index contributed by atoms with van der Waals surface area (Å²) < 4.78 is 7.81. The van der Waals surface area contributed by atoms with Gasteiger partial charge in [0.1, 0.15) is 28.7 Å². The maximum Gasteiger partial charge on any atom is 0.324 e. The Bertz CT molecular complexity index is 1660. The summed E-state index contributed by atoms with van der Waals surface area (Å²) in [7, 11) is 1.65. The van der Waals surface area contributed by atoms with E-state index < -0.39 is 0 Å². The first kappa shape index (κ1) is 32.9. The van der Waals surface area contributed by atoms with E-state index in [1.54, 1.807) is 13.2 Å². The zero-order chi connectivity index (χ0) is 32.8. The van der Waals surface area contributed by atoms with Crippen molar-refractivity contribution < 1.29 is 14.3 Å². The fourth-order valence-electron chi connectivity index (χ4n) is 5.83. The third-order valence-corrected chi connectivity index (χ3v) is 8.77. The van der Waals surface area contributed by atoms with Crippen molar-refractivity contribution in [3.63, 3.8) is 0 Å². The molecule has 5 rings (SSSR count). The Kier molecular flexibility index (Phi) is 10.2. The van der Waals surface area contributed by atoms with Crippen molar-refractivity contribution in [2.24, 2.45) is 10.4 Å². The number of aromatic nitrogens is 3. The van der Waals surface area contributed by atoms with Gasteiger partial charge in [0.05, 0.1) is 25.1 Å². The molecule has 3 amide bonds. The molecule has 46 heavy (non-hydrogen) atoms. The van der Waals surface area contributed by atoms with Gasteiger partial charge >= 0.3 is 6.03 Å². The normalized spacial score (nSPS) is 20.8. The van der Waals surface area contributed by atoms with Crippen LogP contribution in [0.3, 0.4) is 0 Å². The molecule has 3 heterocycles. The van der Waals surface area contributed by atoms with E-state index in [1.165, 1.54) is 0 Å². The smallest absolute Gasteiger partial charge is 0.324 e. The molecule has 1 aliphatic heterocycles. The Morgan fingerprint density at radius 3 is 2.72 bits per heavy atom. The van der Waals surface area contributed by atoms with Crippen molar-refractivity contribution >= 4 is 40.9 Å². The van der Waals surface area contributed by atoms with Crippen LogP contribution in [0.1, 0.15) is 83.7 Å². The van der Waals surface area contributed by atoms with E-state index in [-0.39, 0.29) is 29.3 Å². The summed E-state index contributed by atoms with van der Waals surface area (Å²) in [4.78, 5) is 39.4. The van der Waals surface area contributed by atoms with E-state index in [9.17, 15) is 9.59 Å². The Balaban J connectivity index is 1.45. The van der Waals surface area contributed by atoms with Crippen molar-refractivity contribution in [3.05, 3.63) is 59.7 Å². The summed E-state index contributed by atoms with van der Waals surface area (Å²) in [6, 6.07) is 7.24. The van der Waals surface area contributed by atoms with Gasteiger partial charge in [0.25, 0.3) is 0 Å². The van der Waals surface area contributed by atoms with Crippen molar-refractivity contribution in [1.82, 2.24) is 25.0 Å². The van der Waals surface area contributed by atoms with Crippen LogP contribution in [0.2, 0.25) is 0 Å². The van der Waals surface area contributed by atoms with Gasteiger partial charge in [-0.3, -0.25) is 19.5 Å². The van der Waals surface area contributed by atoms with Gasteiger partial charge in [-0.2, -0.15) is 0 Å². The number of hydrogen-bond donors (Lipinski definition) is 4. The number of carbonyl (C=O) groups is 2. The molecule has 1 aromatic carbocycles. The number of nitrogens with one attached hydrogen (secondary N) is 3. The lowest BCUT2D eigenvalue weighted by atomic mass is 9.85. The number of rotatable bonds is 3. The SMILES string of the molecule is CN=C(/C=C(\C)C(C)(C)C)NC(=O)Nc1ccc(-c2nc3n4c(cnc(N)c24)/C=C/CCOCCC(=O)NC2CCC[C@@H]3C2)cc1. The molecule has 11 nitrogen and oxygen atoms in total. The third-order valence-electron chi connectivity index (χ3n) is 8.77. The highest BCUT2D eigenvalue weighted by Crippen LogP contribution is 2.38. The van der Waals surface area contributed by atoms with Crippen molar-refractivity contribution in [3.8, 4) is 11.3 Å². The molecule has 2 atom stereocenters. The number of amidine groups is 1. The fourth-order valence-corrected chi connectivity index (χ4v) is 5.83. The number of nitrogens with zero attached hydrogens (tertiary/aromatic N) is 4. The maximum absolute atomic E-state index is 12.8. The zero-order valence-electron chi connectivity index (χ0n) is 27.5. The van der Waals surface area contributed by atoms with Gasteiger partial charge in [0, 0.05) is 36.7 Å². The first-order valence-corrected chi connectivity index (χ1v) is 16.1. The molecule has 0 spiro atoms. The van der Waals surface area contributed by atoms with Gasteiger partial charge in [0.15, 0.2) is 0 Å². The lowest BCUT2D eigenvalue weighted by Gasteiger charge is -2.29. The van der Waals surface area contributed by atoms with E-state index in [2.05, 4.69) is 57.2 Å². The van der Waals surface area contributed by atoms with Crippen LogP contribution in [0.4, 0.5) is 16.3 Å². The number of nitrogens with two attached hydrogens (primary N) is 1. The number of imidazole rings is 1. The van der Waals surface area contributed by atoms with E-state index in [1.807, 2.05) is 43.3 Å². The number of urea groups is 1. The summed E-state index contributed by atoms with van der Waals surface area (Å²) in [5.41, 5.74) is 11.5. The lowest BCUT2D eigenvalue weighted by Crippen LogP contribution is -2.38. The predicted octanol–water partition coefficient (Wildman–Crippen LogP) is 6.09. The topological polar surface area (TPSA) is 148 Å². The van der Waals surface area contributed by atoms with Crippen LogP contribution in [0.15, 0.2) is 53.2 Å². The van der Waals surface area contributed by atoms with Gasteiger partial charge in [-0.05, 0) is 62.3 Å². The Morgan fingerprint density at radius 2 is 1.98 bits per heavy atom. The largest absolute Gasteiger partial charge is 0.382 e. The molecule has 1 fully saturated rings. The van der Waals surface area contributed by atoms with E-state index in [0.29, 0.717) is 43.4 Å². The van der Waals surface area contributed by atoms with Crippen LogP contribution in [-0.2, 0) is 9.53 Å². The highest BCUT2D eigenvalue weighted by molar-refractivity contribution is 6.08. The van der Waals surface area contributed by atoms with Gasteiger partial charge in [-0.15, -0.1) is 0 Å². The molecule has 2 aromatic heterocycles. The van der Waals surface area contributed by atoms with Crippen LogP contribution in [0.25, 0.3) is 22.9 Å². The van der Waals surface area contributed by atoms with E-state index in [0.717, 1.165) is 59.5 Å². The minimum absolute atomic E-state index is 0.0240. The number of carbonyl (C=O) groups excluding carboxylic acids is 2. The van der Waals surface area contributed by atoms with E-state index in [4.69, 9.17) is 15.5 Å². The van der Waals surface area contributed by atoms with Crippen molar-refractivity contribution in [1.29, 1.82) is 0 Å². The fraction of sp³-hybridized carbons (Fsp3) is 0.457. The molecular weight excluding hydrogens is 580 g/mol. The molecule has 244 valence electrons. The van der Waals surface area contributed by atoms with Gasteiger partial charge in [-0.1, -0.05) is 51.0 Å². The first-order valence-electron chi connectivity index (χ1n) is 16.1. The first-order chi connectivity index (χ1) is 22.0. The summed E-state index contributed by atoms with van der Waals surface area (Å²) in [5, 5.41) is 8.94. The second kappa shape index (κ2) is 14.3. The van der Waals surface area contributed by atoms with Gasteiger partial charge < -0.3 is 21.1 Å². The summed E-state index contributed by atoms with van der Waals surface area (Å²) >= 11 is 0. The molecule has 0 radical (unpaired) electrons. The minimum Gasteiger partial charge on any atom is -0.382 e. The van der Waals surface area contributed by atoms with Crippen LogP contribution in [-0.4, -0.2) is 58.4 Å². The molecule has 5 N–H and O–H groups in total. The van der Waals surface area contributed by atoms with E-state index >= 15 is 0 Å². The monoisotopic (exact) mass is 626 g/mol. The minimum atomic E-state index is -0.380. The number of allylic oxidation sites excluding steroid dienone is 1. The van der Waals surface area contributed by atoms with Crippen LogP contribution >= 0.6 is 0 Å². The van der Waals surface area contributed by atoms with Crippen molar-refractivity contribution in [2.45, 2.75) is 78.2 Å². The molecule has 1 aliphatic carbocycles. The number of benzene rings is 1. The highest BCUT2D eigenvalue weighted by Gasteiger charge is 2.30. The summed E-state index contributed by atoms with van der Waals surface area (Å²) in [6.45, 7) is 9.31.